The van der Waals surface area contributed by atoms with Gasteiger partial charge in [-0.15, -0.1) is 0 Å². The van der Waals surface area contributed by atoms with Crippen molar-refractivity contribution < 1.29 is 27.2 Å². The Morgan fingerprint density at radius 2 is 1.87 bits per heavy atom. The van der Waals surface area contributed by atoms with E-state index in [9.17, 15) is 22.8 Å². The molecule has 1 aliphatic heterocycles. The number of pyridine rings is 1. The van der Waals surface area contributed by atoms with Crippen molar-refractivity contribution >= 4 is 38.6 Å². The second kappa shape index (κ2) is 11.7. The van der Waals surface area contributed by atoms with Gasteiger partial charge in [0.2, 0.25) is 5.91 Å². The molecule has 0 bridgehead atoms. The predicted molar refractivity (Wildman–Crippen MR) is 145 cm³/mol. The zero-order valence-corrected chi connectivity index (χ0v) is 23.3. The van der Waals surface area contributed by atoms with Gasteiger partial charge in [0, 0.05) is 23.7 Å². The van der Waals surface area contributed by atoms with Gasteiger partial charge < -0.3 is 15.1 Å². The van der Waals surface area contributed by atoms with Crippen LogP contribution in [0.15, 0.2) is 58.1 Å². The highest BCUT2D eigenvalue weighted by Crippen LogP contribution is 2.25. The molecule has 3 heterocycles. The fourth-order valence-electron chi connectivity index (χ4n) is 4.85. The number of rotatable bonds is 8. The van der Waals surface area contributed by atoms with Gasteiger partial charge in [-0.3, -0.25) is 14.4 Å². The summed E-state index contributed by atoms with van der Waals surface area (Å²) in [5.41, 5.74) is 1.25. The minimum Gasteiger partial charge on any atom is -0.451 e. The molecule has 0 aliphatic carbocycles. The number of hydrogen-bond donors (Lipinski definition) is 2. The van der Waals surface area contributed by atoms with E-state index in [-0.39, 0.29) is 42.1 Å². The van der Waals surface area contributed by atoms with Gasteiger partial charge in [-0.25, -0.2) is 13.4 Å². The van der Waals surface area contributed by atoms with Crippen molar-refractivity contribution in [2.45, 2.75) is 57.6 Å². The highest BCUT2D eigenvalue weighted by Gasteiger charge is 2.37. The number of Topliss-reactive ketones (excluding diaryl/α,β-unsaturated/α-hetero) is 1. The molecule has 4 rings (SSSR count). The van der Waals surface area contributed by atoms with E-state index in [1.165, 1.54) is 12.3 Å². The number of para-hydroxylation sites is 1. The molecule has 10 nitrogen and oxygen atoms in total. The van der Waals surface area contributed by atoms with Crippen LogP contribution in [0.2, 0.25) is 0 Å². The van der Waals surface area contributed by atoms with E-state index in [0.717, 1.165) is 9.69 Å². The molecule has 0 unspecified atom stereocenters. The molecule has 0 spiro atoms. The Morgan fingerprint density at radius 1 is 1.15 bits per heavy atom. The Labute approximate surface area is 228 Å². The number of benzene rings is 1. The van der Waals surface area contributed by atoms with Crippen LogP contribution in [0.1, 0.15) is 49.7 Å². The molecule has 3 aromatic rings. The van der Waals surface area contributed by atoms with Crippen LogP contribution in [0.4, 0.5) is 0 Å². The predicted octanol–water partition coefficient (Wildman–Crippen LogP) is 3.07. The van der Waals surface area contributed by atoms with Crippen LogP contribution in [0.25, 0.3) is 11.0 Å². The van der Waals surface area contributed by atoms with Gasteiger partial charge in [0.05, 0.1) is 12.6 Å². The summed E-state index contributed by atoms with van der Waals surface area (Å²) in [4.78, 5) is 43.6. The number of aryl methyl sites for hydroxylation is 1. The number of furan rings is 1. The van der Waals surface area contributed by atoms with E-state index in [1.54, 1.807) is 25.1 Å². The van der Waals surface area contributed by atoms with Crippen molar-refractivity contribution in [3.8, 4) is 0 Å². The lowest BCUT2D eigenvalue weighted by molar-refractivity contribution is -0.129. The molecule has 1 saturated heterocycles. The Hall–Kier alpha value is -3.57. The third-order valence-corrected chi connectivity index (χ3v) is 8.54. The molecular formula is C28H34N4O6S. The number of nitrogens with zero attached hydrogens (tertiary/aromatic N) is 2. The van der Waals surface area contributed by atoms with E-state index in [0.29, 0.717) is 17.6 Å². The maximum absolute atomic E-state index is 13.4. The fourth-order valence-corrected chi connectivity index (χ4v) is 6.31. The first-order chi connectivity index (χ1) is 18.5. The van der Waals surface area contributed by atoms with Crippen LogP contribution in [-0.4, -0.2) is 60.5 Å². The number of ketones is 1. The van der Waals surface area contributed by atoms with Crippen LogP contribution in [0.5, 0.6) is 0 Å². The number of carbonyl (C=O) groups excluding carboxylic acids is 3. The summed E-state index contributed by atoms with van der Waals surface area (Å²) in [5.74, 6) is -1.45. The third-order valence-electron chi connectivity index (χ3n) is 6.81. The molecule has 1 fully saturated rings. The zero-order chi connectivity index (χ0) is 28.3. The van der Waals surface area contributed by atoms with Crippen molar-refractivity contribution in [3.05, 3.63) is 60.0 Å². The normalized spacial score (nSPS) is 19.6. The first-order valence-electron chi connectivity index (χ1n) is 13.0. The largest absolute Gasteiger partial charge is 0.451 e. The van der Waals surface area contributed by atoms with E-state index >= 15 is 0 Å². The van der Waals surface area contributed by atoms with Crippen molar-refractivity contribution in [1.82, 2.24) is 19.9 Å². The Balaban J connectivity index is 1.49. The first-order valence-corrected chi connectivity index (χ1v) is 14.4. The van der Waals surface area contributed by atoms with Crippen molar-refractivity contribution in [1.29, 1.82) is 0 Å². The molecule has 11 heteroatoms. The molecule has 39 heavy (non-hydrogen) atoms. The summed E-state index contributed by atoms with van der Waals surface area (Å²) < 4.78 is 33.1. The maximum Gasteiger partial charge on any atom is 0.287 e. The summed E-state index contributed by atoms with van der Waals surface area (Å²) >= 11 is 0. The Morgan fingerprint density at radius 3 is 2.54 bits per heavy atom. The van der Waals surface area contributed by atoms with E-state index in [1.807, 2.05) is 39.0 Å². The standard InChI is InChI=1S/C28H34N4O6S/c1-17(2)13-22(31-28(35)26-19(4)20-9-5-6-10-24(20)38-26)27(34)30-21-14-18(3)15-32(16-23(21)33)39(36,37)25-11-7-8-12-29-25/h5-12,17-18,21-22H,13-16H2,1-4H3,(H,30,34)(H,31,35)/t18-,21-,22-/m0/s1. The van der Waals surface area contributed by atoms with Gasteiger partial charge in [0.15, 0.2) is 16.6 Å². The summed E-state index contributed by atoms with van der Waals surface area (Å²) in [7, 11) is -3.98. The van der Waals surface area contributed by atoms with Crippen LogP contribution >= 0.6 is 0 Å². The summed E-state index contributed by atoms with van der Waals surface area (Å²) in [6.45, 7) is 7.21. The van der Waals surface area contributed by atoms with E-state index in [2.05, 4.69) is 15.6 Å². The number of nitrogens with one attached hydrogen (secondary N) is 2. The van der Waals surface area contributed by atoms with Gasteiger partial charge in [-0.05, 0) is 49.8 Å². The quantitative estimate of drug-likeness (QED) is 0.436. The van der Waals surface area contributed by atoms with Crippen molar-refractivity contribution in [2.24, 2.45) is 11.8 Å². The molecule has 0 saturated carbocycles. The molecule has 1 aromatic carbocycles. The molecule has 2 amide bonds. The minimum atomic E-state index is -3.98. The molecule has 3 atom stereocenters. The lowest BCUT2D eigenvalue weighted by Gasteiger charge is -2.23. The third kappa shape index (κ3) is 6.36. The van der Waals surface area contributed by atoms with Gasteiger partial charge in [-0.1, -0.05) is 45.0 Å². The van der Waals surface area contributed by atoms with Crippen LogP contribution in [0.3, 0.4) is 0 Å². The lowest BCUT2D eigenvalue weighted by Crippen LogP contribution is -2.52. The molecular weight excluding hydrogens is 520 g/mol. The van der Waals surface area contributed by atoms with Gasteiger partial charge >= 0.3 is 0 Å². The van der Waals surface area contributed by atoms with E-state index < -0.39 is 39.7 Å². The van der Waals surface area contributed by atoms with Crippen LogP contribution < -0.4 is 10.6 Å². The minimum absolute atomic E-state index is 0.0700. The highest BCUT2D eigenvalue weighted by molar-refractivity contribution is 7.89. The summed E-state index contributed by atoms with van der Waals surface area (Å²) in [5, 5.41) is 6.25. The Kier molecular flexibility index (Phi) is 8.51. The van der Waals surface area contributed by atoms with Crippen molar-refractivity contribution in [2.75, 3.05) is 13.1 Å². The summed E-state index contributed by atoms with van der Waals surface area (Å²) in [6.07, 6.45) is 1.99. The van der Waals surface area contributed by atoms with Gasteiger partial charge in [0.25, 0.3) is 15.9 Å². The monoisotopic (exact) mass is 554 g/mol. The number of carbonyl (C=O) groups is 3. The van der Waals surface area contributed by atoms with E-state index in [4.69, 9.17) is 4.42 Å². The maximum atomic E-state index is 13.4. The van der Waals surface area contributed by atoms with Crippen LogP contribution in [-0.2, 0) is 19.6 Å². The number of hydrogen-bond acceptors (Lipinski definition) is 7. The second-order valence-electron chi connectivity index (χ2n) is 10.5. The van der Waals surface area contributed by atoms with Gasteiger partial charge in [-0.2, -0.15) is 4.31 Å². The van der Waals surface area contributed by atoms with Crippen LogP contribution in [0, 0.1) is 18.8 Å². The fraction of sp³-hybridized carbons (Fsp3) is 0.429. The average molecular weight is 555 g/mol. The molecule has 208 valence electrons. The molecule has 2 aromatic heterocycles. The number of fused-ring (bicyclic) bond motifs is 1. The first kappa shape index (κ1) is 28.4. The number of amides is 2. The zero-order valence-electron chi connectivity index (χ0n) is 22.5. The Bertz CT molecular complexity index is 1470. The lowest BCUT2D eigenvalue weighted by atomic mass is 9.98. The van der Waals surface area contributed by atoms with Crippen molar-refractivity contribution in [3.63, 3.8) is 0 Å². The molecule has 1 aliphatic rings. The average Bonchev–Trinajstić information content (AvgIpc) is 3.16. The highest BCUT2D eigenvalue weighted by atomic mass is 32.2. The summed E-state index contributed by atoms with van der Waals surface area (Å²) in [6, 6.07) is 10.1. The second-order valence-corrected chi connectivity index (χ2v) is 12.4. The molecule has 2 N–H and O–H groups in total. The van der Waals surface area contributed by atoms with Gasteiger partial charge in [0.1, 0.15) is 11.6 Å². The smallest absolute Gasteiger partial charge is 0.287 e. The number of sulfonamides is 1. The topological polar surface area (TPSA) is 139 Å². The number of aromatic nitrogens is 1. The SMILES string of the molecule is Cc1c(C(=O)N[C@@H](CC(C)C)C(=O)N[C@H]2C[C@H](C)CN(S(=O)(=O)c3ccccn3)CC2=O)oc2ccccc12. The molecule has 0 radical (unpaired) electrons.